The summed E-state index contributed by atoms with van der Waals surface area (Å²) in [6, 6.07) is 7.01. The maximum absolute atomic E-state index is 13.5. The minimum absolute atomic E-state index is 0.0786. The average Bonchev–Trinajstić information content (AvgIpc) is 2.70. The Balaban J connectivity index is 1.43. The predicted molar refractivity (Wildman–Crippen MR) is 102 cm³/mol. The minimum Gasteiger partial charge on any atom is -0.487 e. The molecule has 1 aromatic carbocycles. The van der Waals surface area contributed by atoms with Crippen molar-refractivity contribution in [2.75, 3.05) is 23.3 Å². The summed E-state index contributed by atoms with van der Waals surface area (Å²) in [5.41, 5.74) is -0.0618. The lowest BCUT2D eigenvalue weighted by Crippen LogP contribution is -2.54. The van der Waals surface area contributed by atoms with Crippen LogP contribution in [0.5, 0.6) is 5.75 Å². The molecule has 31 heavy (non-hydrogen) atoms. The molecule has 3 heterocycles. The molecule has 1 fully saturated rings. The number of carbonyl (C=O) groups excluding carboxylic acids is 1. The second-order valence-corrected chi connectivity index (χ2v) is 6.78. The van der Waals surface area contributed by atoms with Gasteiger partial charge in [0.1, 0.15) is 17.7 Å². The quantitative estimate of drug-likeness (QED) is 0.620. The Hall–Kier alpha value is -3.76. The zero-order valence-corrected chi connectivity index (χ0v) is 15.8. The molecule has 11 heteroatoms. The van der Waals surface area contributed by atoms with E-state index in [1.807, 2.05) is 0 Å². The summed E-state index contributed by atoms with van der Waals surface area (Å²) < 4.78 is 57.6. The predicted octanol–water partition coefficient (Wildman–Crippen LogP) is 3.55. The van der Waals surface area contributed by atoms with Crippen LogP contribution in [-0.4, -0.2) is 40.3 Å². The lowest BCUT2D eigenvalue weighted by molar-refractivity contribution is -0.137. The molecule has 0 aliphatic carbocycles. The fourth-order valence-electron chi connectivity index (χ4n) is 3.07. The van der Waals surface area contributed by atoms with Crippen LogP contribution in [0.3, 0.4) is 0 Å². The number of carbonyl (C=O) groups is 1. The highest BCUT2D eigenvalue weighted by molar-refractivity contribution is 6.06. The smallest absolute Gasteiger partial charge is 0.416 e. The Labute approximate surface area is 173 Å². The Morgan fingerprint density at radius 1 is 1.16 bits per heavy atom. The van der Waals surface area contributed by atoms with Crippen molar-refractivity contribution >= 4 is 17.3 Å². The molecule has 0 atom stereocenters. The molecule has 7 nitrogen and oxygen atoms in total. The number of amides is 1. The number of pyridine rings is 1. The summed E-state index contributed by atoms with van der Waals surface area (Å²) in [5, 5.41) is 10.3. The molecule has 3 aromatic rings. The van der Waals surface area contributed by atoms with E-state index in [2.05, 4.69) is 20.5 Å². The highest BCUT2D eigenvalue weighted by Gasteiger charge is 2.34. The van der Waals surface area contributed by atoms with Crippen LogP contribution < -0.4 is 15.0 Å². The van der Waals surface area contributed by atoms with Crippen molar-refractivity contribution in [2.24, 2.45) is 0 Å². The molecule has 2 aromatic heterocycles. The fourth-order valence-corrected chi connectivity index (χ4v) is 3.07. The maximum Gasteiger partial charge on any atom is 0.416 e. The van der Waals surface area contributed by atoms with Gasteiger partial charge in [0.05, 0.1) is 42.4 Å². The summed E-state index contributed by atoms with van der Waals surface area (Å²) in [6.07, 6.45) is -0.682. The van der Waals surface area contributed by atoms with Gasteiger partial charge in [-0.25, -0.2) is 4.39 Å². The van der Waals surface area contributed by atoms with Crippen LogP contribution in [0.1, 0.15) is 16.1 Å². The van der Waals surface area contributed by atoms with Gasteiger partial charge in [-0.3, -0.25) is 9.78 Å². The molecule has 1 aliphatic rings. The van der Waals surface area contributed by atoms with Crippen molar-refractivity contribution < 1.29 is 27.1 Å². The number of rotatable bonds is 5. The maximum atomic E-state index is 13.5. The first-order valence-corrected chi connectivity index (χ1v) is 9.12. The number of aromatic nitrogens is 3. The van der Waals surface area contributed by atoms with Crippen molar-refractivity contribution in [1.82, 2.24) is 15.2 Å². The highest BCUT2D eigenvalue weighted by atomic mass is 19.4. The Kier molecular flexibility index (Phi) is 5.40. The molecule has 4 rings (SSSR count). The Morgan fingerprint density at radius 3 is 2.68 bits per heavy atom. The second kappa shape index (κ2) is 8.17. The number of anilines is 2. The first kappa shape index (κ1) is 20.5. The topological polar surface area (TPSA) is 80.2 Å². The van der Waals surface area contributed by atoms with Crippen molar-refractivity contribution in [2.45, 2.75) is 12.3 Å². The van der Waals surface area contributed by atoms with E-state index >= 15 is 0 Å². The van der Waals surface area contributed by atoms with Gasteiger partial charge in [0, 0.05) is 12.3 Å². The molecule has 1 saturated heterocycles. The van der Waals surface area contributed by atoms with E-state index in [1.165, 1.54) is 12.4 Å². The van der Waals surface area contributed by atoms with Crippen LogP contribution in [-0.2, 0) is 6.18 Å². The van der Waals surface area contributed by atoms with E-state index in [9.17, 15) is 22.4 Å². The van der Waals surface area contributed by atoms with Gasteiger partial charge in [0.2, 0.25) is 0 Å². The van der Waals surface area contributed by atoms with Crippen LogP contribution >= 0.6 is 0 Å². The van der Waals surface area contributed by atoms with E-state index < -0.39 is 29.6 Å². The first-order valence-electron chi connectivity index (χ1n) is 9.12. The fraction of sp³-hybridized carbons (Fsp3) is 0.200. The second-order valence-electron chi connectivity index (χ2n) is 6.78. The first-order chi connectivity index (χ1) is 14.8. The van der Waals surface area contributed by atoms with Crippen LogP contribution in [0.15, 0.2) is 55.0 Å². The van der Waals surface area contributed by atoms with Gasteiger partial charge in [-0.2, -0.15) is 18.3 Å². The molecule has 1 N–H and O–H groups in total. The number of hydrogen-bond donors (Lipinski definition) is 1. The number of nitrogens with one attached hydrogen (secondary N) is 1. The third kappa shape index (κ3) is 4.71. The van der Waals surface area contributed by atoms with Gasteiger partial charge in [0.25, 0.3) is 5.91 Å². The van der Waals surface area contributed by atoms with Gasteiger partial charge < -0.3 is 15.0 Å². The van der Waals surface area contributed by atoms with Gasteiger partial charge in [-0.15, -0.1) is 5.10 Å². The summed E-state index contributed by atoms with van der Waals surface area (Å²) in [5.74, 6) is -1.73. The SMILES string of the molecule is O=C(Nc1cccnc1)c1nnccc1N1CC(Oc2cc(F)cc(C(F)(F)F)c2)C1. The molecule has 160 valence electrons. The van der Waals surface area contributed by atoms with Crippen LogP contribution in [0.2, 0.25) is 0 Å². The van der Waals surface area contributed by atoms with Crippen molar-refractivity contribution in [3.63, 3.8) is 0 Å². The van der Waals surface area contributed by atoms with Crippen molar-refractivity contribution in [3.05, 3.63) is 72.1 Å². The summed E-state index contributed by atoms with van der Waals surface area (Å²) in [6.45, 7) is 0.549. The molecule has 0 saturated carbocycles. The monoisotopic (exact) mass is 433 g/mol. The molecular weight excluding hydrogens is 418 g/mol. The number of ether oxygens (including phenoxy) is 1. The summed E-state index contributed by atoms with van der Waals surface area (Å²) in [4.78, 5) is 18.3. The van der Waals surface area contributed by atoms with Crippen LogP contribution in [0, 0.1) is 5.82 Å². The van der Waals surface area contributed by atoms with Crippen LogP contribution in [0.4, 0.5) is 28.9 Å². The lowest BCUT2D eigenvalue weighted by atomic mass is 10.1. The third-order valence-electron chi connectivity index (χ3n) is 4.52. The molecule has 0 unspecified atom stereocenters. The zero-order chi connectivity index (χ0) is 22.0. The van der Waals surface area contributed by atoms with Crippen molar-refractivity contribution in [3.8, 4) is 5.75 Å². The lowest BCUT2D eigenvalue weighted by Gasteiger charge is -2.41. The molecule has 0 bridgehead atoms. The highest BCUT2D eigenvalue weighted by Crippen LogP contribution is 2.33. The average molecular weight is 433 g/mol. The Bertz CT molecular complexity index is 1090. The summed E-state index contributed by atoms with van der Waals surface area (Å²) in [7, 11) is 0. The van der Waals surface area contributed by atoms with Gasteiger partial charge >= 0.3 is 6.18 Å². The van der Waals surface area contributed by atoms with Crippen molar-refractivity contribution in [1.29, 1.82) is 0 Å². The van der Waals surface area contributed by atoms with Gasteiger partial charge in [-0.05, 0) is 30.3 Å². The normalized spacial score (nSPS) is 14.1. The molecule has 1 aliphatic heterocycles. The largest absolute Gasteiger partial charge is 0.487 e. The molecule has 1 amide bonds. The number of hydrogen-bond acceptors (Lipinski definition) is 6. The van der Waals surface area contributed by atoms with Gasteiger partial charge in [-0.1, -0.05) is 0 Å². The van der Waals surface area contributed by atoms with E-state index in [1.54, 1.807) is 29.3 Å². The number of nitrogens with zero attached hydrogens (tertiary/aromatic N) is 4. The van der Waals surface area contributed by atoms with E-state index in [0.717, 1.165) is 12.1 Å². The minimum atomic E-state index is -4.68. The van der Waals surface area contributed by atoms with Gasteiger partial charge in [0.15, 0.2) is 5.69 Å². The van der Waals surface area contributed by atoms with Crippen LogP contribution in [0.25, 0.3) is 0 Å². The number of alkyl halides is 3. The third-order valence-corrected chi connectivity index (χ3v) is 4.52. The standard InChI is InChI=1S/C20H15F4N5O2/c21-13-6-12(20(22,23)24)7-15(8-13)31-16-10-29(11-16)17-3-5-26-28-18(17)19(30)27-14-2-1-4-25-9-14/h1-9,16H,10-11H2,(H,27,30). The Morgan fingerprint density at radius 2 is 1.97 bits per heavy atom. The summed E-state index contributed by atoms with van der Waals surface area (Å²) >= 11 is 0. The molecule has 0 spiro atoms. The van der Waals surface area contributed by atoms with E-state index in [0.29, 0.717) is 17.4 Å². The van der Waals surface area contributed by atoms with E-state index in [-0.39, 0.29) is 24.5 Å². The number of benzene rings is 1. The zero-order valence-electron chi connectivity index (χ0n) is 15.8. The molecule has 0 radical (unpaired) electrons. The molecular formula is C20H15F4N5O2. The number of halogens is 4. The van der Waals surface area contributed by atoms with E-state index in [4.69, 9.17) is 4.74 Å².